The molecule has 2 rings (SSSR count). The Morgan fingerprint density at radius 3 is 2.72 bits per heavy atom. The molecule has 1 aliphatic rings. The highest BCUT2D eigenvalue weighted by Crippen LogP contribution is 2.31. The van der Waals surface area contributed by atoms with E-state index in [9.17, 15) is 4.79 Å². The molecule has 1 aliphatic heterocycles. The molecular weight excluding hydrogens is 230 g/mol. The molecule has 0 aromatic carbocycles. The first-order valence-corrected chi connectivity index (χ1v) is 5.61. The molecule has 0 saturated carbocycles. The van der Waals surface area contributed by atoms with Crippen LogP contribution in [0, 0.1) is 26.2 Å². The number of nitrogens with two attached hydrogens (primary N) is 1. The summed E-state index contributed by atoms with van der Waals surface area (Å²) in [5.41, 5.74) is 8.38. The number of aromatic nitrogens is 2. The fourth-order valence-corrected chi connectivity index (χ4v) is 2.20. The summed E-state index contributed by atoms with van der Waals surface area (Å²) in [6.45, 7) is 5.50. The van der Waals surface area contributed by atoms with Crippen molar-refractivity contribution in [2.24, 2.45) is 10.7 Å². The highest BCUT2D eigenvalue weighted by atomic mass is 16.2. The van der Waals surface area contributed by atoms with Gasteiger partial charge in [0.15, 0.2) is 0 Å². The Kier molecular flexibility index (Phi) is 2.83. The van der Waals surface area contributed by atoms with Gasteiger partial charge in [0, 0.05) is 11.3 Å². The van der Waals surface area contributed by atoms with Gasteiger partial charge < -0.3 is 5.73 Å². The van der Waals surface area contributed by atoms with Crippen molar-refractivity contribution in [3.8, 4) is 12.3 Å². The quantitative estimate of drug-likeness (QED) is 0.758. The molecule has 2 atom stereocenters. The third-order valence-corrected chi connectivity index (χ3v) is 3.12. The van der Waals surface area contributed by atoms with E-state index >= 15 is 0 Å². The summed E-state index contributed by atoms with van der Waals surface area (Å²) in [6.07, 6.45) is 5.39. The van der Waals surface area contributed by atoms with Gasteiger partial charge in [-0.1, -0.05) is 5.92 Å². The maximum absolute atomic E-state index is 11.8. The number of aliphatic imine (C=N–C) groups is 1. The molecule has 0 fully saturated rings. The number of hydrogen-bond acceptors (Lipinski definition) is 3. The van der Waals surface area contributed by atoms with Gasteiger partial charge in [-0.3, -0.25) is 10.00 Å². The van der Waals surface area contributed by atoms with Crippen LogP contribution in [0.3, 0.4) is 0 Å². The number of urea groups is 1. The lowest BCUT2D eigenvalue weighted by atomic mass is 10.0. The van der Waals surface area contributed by atoms with Crippen LogP contribution in [0.4, 0.5) is 4.79 Å². The first-order valence-electron chi connectivity index (χ1n) is 5.61. The van der Waals surface area contributed by atoms with Gasteiger partial charge in [-0.2, -0.15) is 10.1 Å². The van der Waals surface area contributed by atoms with Crippen LogP contribution in [0.25, 0.3) is 0 Å². The minimum Gasteiger partial charge on any atom is -0.385 e. The van der Waals surface area contributed by atoms with E-state index in [-0.39, 0.29) is 11.9 Å². The topological polar surface area (TPSA) is 87.4 Å². The predicted octanol–water partition coefficient (Wildman–Crippen LogP) is 0.882. The molecule has 2 unspecified atom stereocenters. The summed E-state index contributed by atoms with van der Waals surface area (Å²) in [6, 6.07) is -1.20. The lowest BCUT2D eigenvalue weighted by Crippen LogP contribution is -2.39. The summed E-state index contributed by atoms with van der Waals surface area (Å²) in [7, 11) is 0. The van der Waals surface area contributed by atoms with E-state index in [0.29, 0.717) is 0 Å². The number of carbonyl (C=O) groups excluding carboxylic acids is 1. The second-order valence-corrected chi connectivity index (χ2v) is 4.32. The standard InChI is InChI=1S/C12H15N5O/c1-5-6(2)17-10(11(13)14-12(17)18)9-7(3)15-16-8(9)4/h1,6,10H,2-4H3,(H,15,16)(H2,13,14,18). The Bertz CT molecular complexity index is 546. The second-order valence-electron chi connectivity index (χ2n) is 4.32. The van der Waals surface area contributed by atoms with Crippen molar-refractivity contribution >= 4 is 11.9 Å². The van der Waals surface area contributed by atoms with Crippen LogP contribution in [-0.2, 0) is 0 Å². The molecular formula is C12H15N5O. The van der Waals surface area contributed by atoms with E-state index in [1.165, 1.54) is 4.90 Å². The summed E-state index contributed by atoms with van der Waals surface area (Å²) >= 11 is 0. The SMILES string of the molecule is C#CC(C)N1C(=O)N=C(N)C1c1c(C)n[nH]c1C. The number of aryl methyl sites for hydroxylation is 2. The van der Waals surface area contributed by atoms with Gasteiger partial charge >= 0.3 is 6.03 Å². The molecule has 0 saturated heterocycles. The van der Waals surface area contributed by atoms with Gasteiger partial charge in [0.25, 0.3) is 0 Å². The highest BCUT2D eigenvalue weighted by molar-refractivity contribution is 6.03. The Balaban J connectivity index is 2.51. The minimum atomic E-state index is -0.428. The maximum Gasteiger partial charge on any atom is 0.347 e. The molecule has 1 aromatic rings. The number of amidine groups is 1. The number of hydrogen-bond donors (Lipinski definition) is 2. The van der Waals surface area contributed by atoms with E-state index in [1.807, 2.05) is 13.8 Å². The van der Waals surface area contributed by atoms with Crippen molar-refractivity contribution < 1.29 is 4.79 Å². The third-order valence-electron chi connectivity index (χ3n) is 3.12. The van der Waals surface area contributed by atoms with Crippen LogP contribution in [0.5, 0.6) is 0 Å². The third kappa shape index (κ3) is 1.64. The summed E-state index contributed by atoms with van der Waals surface area (Å²) < 4.78 is 0. The van der Waals surface area contributed by atoms with Crippen molar-refractivity contribution in [1.82, 2.24) is 15.1 Å². The molecule has 2 amide bonds. The number of terminal acetylenes is 1. The molecule has 2 heterocycles. The molecule has 0 radical (unpaired) electrons. The Morgan fingerprint density at radius 2 is 2.22 bits per heavy atom. The van der Waals surface area contributed by atoms with Crippen molar-refractivity contribution in [2.75, 3.05) is 0 Å². The molecule has 3 N–H and O–H groups in total. The average Bonchev–Trinajstić information content (AvgIpc) is 2.78. The number of H-pyrrole nitrogens is 1. The Morgan fingerprint density at radius 1 is 1.56 bits per heavy atom. The predicted molar refractivity (Wildman–Crippen MR) is 68.0 cm³/mol. The fraction of sp³-hybridized carbons (Fsp3) is 0.417. The van der Waals surface area contributed by atoms with Crippen LogP contribution in [0.15, 0.2) is 4.99 Å². The van der Waals surface area contributed by atoms with Crippen molar-refractivity contribution in [3.05, 3.63) is 17.0 Å². The van der Waals surface area contributed by atoms with Crippen molar-refractivity contribution in [2.45, 2.75) is 32.9 Å². The molecule has 94 valence electrons. The lowest BCUT2D eigenvalue weighted by Gasteiger charge is -2.27. The minimum absolute atomic E-state index is 0.259. The largest absolute Gasteiger partial charge is 0.385 e. The molecule has 0 spiro atoms. The number of rotatable bonds is 2. The molecule has 1 aromatic heterocycles. The first kappa shape index (κ1) is 12.2. The monoisotopic (exact) mass is 245 g/mol. The summed E-state index contributed by atoms with van der Waals surface area (Å²) in [5.74, 6) is 2.79. The van der Waals surface area contributed by atoms with Crippen LogP contribution in [0.2, 0.25) is 0 Å². The molecule has 0 aliphatic carbocycles. The Hall–Kier alpha value is -2.29. The number of carbonyl (C=O) groups is 1. The molecule has 6 nitrogen and oxygen atoms in total. The van der Waals surface area contributed by atoms with Gasteiger partial charge in [-0.25, -0.2) is 4.79 Å². The average molecular weight is 245 g/mol. The van der Waals surface area contributed by atoms with Crippen LogP contribution in [0.1, 0.15) is 29.9 Å². The number of amides is 2. The van der Waals surface area contributed by atoms with E-state index in [2.05, 4.69) is 21.1 Å². The van der Waals surface area contributed by atoms with E-state index in [0.717, 1.165) is 17.0 Å². The summed E-state index contributed by atoms with van der Waals surface area (Å²) in [4.78, 5) is 17.1. The molecule has 18 heavy (non-hydrogen) atoms. The highest BCUT2D eigenvalue weighted by Gasteiger charge is 2.39. The van der Waals surface area contributed by atoms with Crippen LogP contribution < -0.4 is 5.73 Å². The van der Waals surface area contributed by atoms with Gasteiger partial charge in [0.2, 0.25) is 0 Å². The second kappa shape index (κ2) is 4.18. The molecule has 6 heteroatoms. The zero-order chi connectivity index (χ0) is 13.4. The normalized spacial score (nSPS) is 20.8. The van der Waals surface area contributed by atoms with Gasteiger partial charge in [-0.15, -0.1) is 6.42 Å². The van der Waals surface area contributed by atoms with Crippen molar-refractivity contribution in [3.63, 3.8) is 0 Å². The smallest absolute Gasteiger partial charge is 0.347 e. The number of nitrogens with zero attached hydrogens (tertiary/aromatic N) is 3. The lowest BCUT2D eigenvalue weighted by molar-refractivity contribution is 0.198. The van der Waals surface area contributed by atoms with E-state index < -0.39 is 12.1 Å². The Labute approximate surface area is 105 Å². The maximum atomic E-state index is 11.8. The van der Waals surface area contributed by atoms with E-state index in [4.69, 9.17) is 12.2 Å². The first-order chi connectivity index (χ1) is 8.47. The zero-order valence-electron chi connectivity index (χ0n) is 10.6. The van der Waals surface area contributed by atoms with E-state index in [1.54, 1.807) is 6.92 Å². The van der Waals surface area contributed by atoms with Crippen molar-refractivity contribution in [1.29, 1.82) is 0 Å². The van der Waals surface area contributed by atoms with Crippen LogP contribution in [-0.4, -0.2) is 33.0 Å². The number of nitrogens with one attached hydrogen (secondary N) is 1. The van der Waals surface area contributed by atoms with Gasteiger partial charge in [-0.05, 0) is 20.8 Å². The van der Waals surface area contributed by atoms with Gasteiger partial charge in [0.1, 0.15) is 11.9 Å². The van der Waals surface area contributed by atoms with Crippen LogP contribution >= 0.6 is 0 Å². The fourth-order valence-electron chi connectivity index (χ4n) is 2.20. The number of aromatic amines is 1. The summed E-state index contributed by atoms with van der Waals surface area (Å²) in [5, 5.41) is 6.99. The molecule has 0 bridgehead atoms. The zero-order valence-corrected chi connectivity index (χ0v) is 10.6. The van der Waals surface area contributed by atoms with Gasteiger partial charge in [0.05, 0.1) is 11.7 Å².